The van der Waals surface area contributed by atoms with E-state index in [2.05, 4.69) is 5.32 Å². The van der Waals surface area contributed by atoms with Crippen LogP contribution in [0, 0.1) is 5.82 Å². The topological polar surface area (TPSA) is 75.6 Å². The number of hydrogen-bond acceptors (Lipinski definition) is 4. The Labute approximate surface area is 143 Å². The van der Waals surface area contributed by atoms with E-state index in [1.807, 2.05) is 0 Å². The minimum Gasteiger partial charge on any atom is -0.507 e. The van der Waals surface area contributed by atoms with Crippen molar-refractivity contribution >= 4 is 23.5 Å². The zero-order chi connectivity index (χ0) is 17.5. The lowest BCUT2D eigenvalue weighted by molar-refractivity contribution is -0.124. The van der Waals surface area contributed by atoms with Crippen molar-refractivity contribution in [3.63, 3.8) is 0 Å². The summed E-state index contributed by atoms with van der Waals surface area (Å²) in [6, 6.07) is 9.90. The Bertz CT molecular complexity index is 734. The van der Waals surface area contributed by atoms with Gasteiger partial charge in [-0.15, -0.1) is 0 Å². The number of carbonyl (C=O) groups is 2. The maximum Gasteiger partial charge on any atom is 0.342 e. The van der Waals surface area contributed by atoms with E-state index < -0.39 is 18.5 Å². The SMILES string of the molecule is O=C(COC(=O)c1ccc(Cl)cc1O)NCCc1ccc(F)cc1. The van der Waals surface area contributed by atoms with Crippen LogP contribution < -0.4 is 5.32 Å². The van der Waals surface area contributed by atoms with Gasteiger partial charge in [0.15, 0.2) is 6.61 Å². The van der Waals surface area contributed by atoms with E-state index in [4.69, 9.17) is 16.3 Å². The van der Waals surface area contributed by atoms with E-state index in [1.165, 1.54) is 30.3 Å². The molecule has 2 N–H and O–H groups in total. The molecule has 0 fully saturated rings. The lowest BCUT2D eigenvalue weighted by Crippen LogP contribution is -2.30. The second-order valence-corrected chi connectivity index (χ2v) is 5.40. The predicted octanol–water partition coefficient (Wildman–Crippen LogP) is 2.70. The molecule has 7 heteroatoms. The van der Waals surface area contributed by atoms with E-state index in [9.17, 15) is 19.1 Å². The number of halogens is 2. The third-order valence-electron chi connectivity index (χ3n) is 3.16. The average molecular weight is 352 g/mol. The first-order valence-electron chi connectivity index (χ1n) is 7.12. The lowest BCUT2D eigenvalue weighted by Gasteiger charge is -2.08. The number of carbonyl (C=O) groups excluding carboxylic acids is 2. The first kappa shape index (κ1) is 17.7. The molecule has 0 aliphatic carbocycles. The highest BCUT2D eigenvalue weighted by Crippen LogP contribution is 2.22. The fraction of sp³-hybridized carbons (Fsp3) is 0.176. The zero-order valence-corrected chi connectivity index (χ0v) is 13.3. The molecule has 2 aromatic carbocycles. The predicted molar refractivity (Wildman–Crippen MR) is 86.5 cm³/mol. The largest absolute Gasteiger partial charge is 0.507 e. The molecule has 0 saturated carbocycles. The Kier molecular flexibility index (Phi) is 6.14. The summed E-state index contributed by atoms with van der Waals surface area (Å²) in [4.78, 5) is 23.4. The van der Waals surface area contributed by atoms with Crippen LogP contribution in [0.15, 0.2) is 42.5 Å². The van der Waals surface area contributed by atoms with Crippen molar-refractivity contribution in [3.8, 4) is 5.75 Å². The molecule has 2 rings (SSSR count). The van der Waals surface area contributed by atoms with E-state index in [0.29, 0.717) is 13.0 Å². The molecule has 0 saturated heterocycles. The molecule has 0 spiro atoms. The van der Waals surface area contributed by atoms with Crippen LogP contribution in [-0.4, -0.2) is 30.1 Å². The number of aromatic hydroxyl groups is 1. The molecule has 0 bridgehead atoms. The first-order valence-corrected chi connectivity index (χ1v) is 7.50. The molecule has 0 aromatic heterocycles. The van der Waals surface area contributed by atoms with Crippen molar-refractivity contribution in [2.24, 2.45) is 0 Å². The third-order valence-corrected chi connectivity index (χ3v) is 3.40. The Morgan fingerprint density at radius 3 is 2.54 bits per heavy atom. The Morgan fingerprint density at radius 1 is 1.17 bits per heavy atom. The van der Waals surface area contributed by atoms with Gasteiger partial charge in [-0.25, -0.2) is 9.18 Å². The number of ether oxygens (including phenoxy) is 1. The highest BCUT2D eigenvalue weighted by atomic mass is 35.5. The maximum absolute atomic E-state index is 12.8. The monoisotopic (exact) mass is 351 g/mol. The summed E-state index contributed by atoms with van der Waals surface area (Å²) in [5.41, 5.74) is 0.804. The van der Waals surface area contributed by atoms with Crippen LogP contribution in [0.25, 0.3) is 0 Å². The van der Waals surface area contributed by atoms with Crippen LogP contribution in [0.4, 0.5) is 4.39 Å². The van der Waals surface area contributed by atoms with Crippen LogP contribution in [0.2, 0.25) is 5.02 Å². The quantitative estimate of drug-likeness (QED) is 0.785. The molecule has 1 amide bonds. The van der Waals surface area contributed by atoms with Crippen molar-refractivity contribution in [1.29, 1.82) is 0 Å². The van der Waals surface area contributed by atoms with Gasteiger partial charge < -0.3 is 15.2 Å². The van der Waals surface area contributed by atoms with Crippen LogP contribution in [-0.2, 0) is 16.0 Å². The summed E-state index contributed by atoms with van der Waals surface area (Å²) < 4.78 is 17.6. The fourth-order valence-electron chi connectivity index (χ4n) is 1.93. The van der Waals surface area contributed by atoms with Gasteiger partial charge in [0.2, 0.25) is 0 Å². The summed E-state index contributed by atoms with van der Waals surface area (Å²) in [5.74, 6) is -1.93. The van der Waals surface area contributed by atoms with Gasteiger partial charge in [-0.1, -0.05) is 23.7 Å². The summed E-state index contributed by atoms with van der Waals surface area (Å²) in [5, 5.41) is 12.5. The molecule has 0 aliphatic heterocycles. The number of phenolic OH excluding ortho intramolecular Hbond substituents is 1. The van der Waals surface area contributed by atoms with Crippen molar-refractivity contribution in [3.05, 3.63) is 64.4 Å². The molecule has 24 heavy (non-hydrogen) atoms. The van der Waals surface area contributed by atoms with Gasteiger partial charge in [0.1, 0.15) is 17.1 Å². The van der Waals surface area contributed by atoms with Crippen molar-refractivity contribution < 1.29 is 23.8 Å². The van der Waals surface area contributed by atoms with Crippen LogP contribution in [0.3, 0.4) is 0 Å². The van der Waals surface area contributed by atoms with Gasteiger partial charge in [-0.3, -0.25) is 4.79 Å². The second-order valence-electron chi connectivity index (χ2n) is 4.96. The molecule has 0 unspecified atom stereocenters. The molecule has 0 radical (unpaired) electrons. The number of benzene rings is 2. The third kappa shape index (κ3) is 5.24. The van der Waals surface area contributed by atoms with Gasteiger partial charge in [-0.2, -0.15) is 0 Å². The highest BCUT2D eigenvalue weighted by molar-refractivity contribution is 6.30. The molecule has 2 aromatic rings. The molecule has 0 atom stereocenters. The Hall–Kier alpha value is -2.60. The van der Waals surface area contributed by atoms with E-state index in [0.717, 1.165) is 5.56 Å². The summed E-state index contributed by atoms with van der Waals surface area (Å²) in [7, 11) is 0. The van der Waals surface area contributed by atoms with Gasteiger partial charge in [0.25, 0.3) is 5.91 Å². The van der Waals surface area contributed by atoms with E-state index in [-0.39, 0.29) is 22.2 Å². The number of amides is 1. The molecule has 126 valence electrons. The molecular weight excluding hydrogens is 337 g/mol. The zero-order valence-electron chi connectivity index (χ0n) is 12.6. The lowest BCUT2D eigenvalue weighted by atomic mass is 10.1. The van der Waals surface area contributed by atoms with E-state index >= 15 is 0 Å². The minimum atomic E-state index is -0.821. The van der Waals surface area contributed by atoms with Crippen LogP contribution in [0.1, 0.15) is 15.9 Å². The summed E-state index contributed by atoms with van der Waals surface area (Å²) in [6.45, 7) is -0.140. The first-order chi connectivity index (χ1) is 11.5. The molecule has 5 nitrogen and oxygen atoms in total. The van der Waals surface area contributed by atoms with Crippen LogP contribution >= 0.6 is 11.6 Å². The number of esters is 1. The second kappa shape index (κ2) is 8.31. The minimum absolute atomic E-state index is 0.0708. The maximum atomic E-state index is 12.8. The van der Waals surface area contributed by atoms with Crippen molar-refractivity contribution in [2.75, 3.05) is 13.2 Å². The van der Waals surface area contributed by atoms with Gasteiger partial charge >= 0.3 is 5.97 Å². The van der Waals surface area contributed by atoms with Gasteiger partial charge in [0, 0.05) is 11.6 Å². The van der Waals surface area contributed by atoms with E-state index in [1.54, 1.807) is 12.1 Å². The summed E-state index contributed by atoms with van der Waals surface area (Å²) >= 11 is 5.67. The molecule has 0 aliphatic rings. The summed E-state index contributed by atoms with van der Waals surface area (Å²) in [6.07, 6.45) is 0.526. The average Bonchev–Trinajstić information content (AvgIpc) is 2.54. The van der Waals surface area contributed by atoms with Crippen molar-refractivity contribution in [1.82, 2.24) is 5.32 Å². The van der Waals surface area contributed by atoms with Crippen molar-refractivity contribution in [2.45, 2.75) is 6.42 Å². The normalized spacial score (nSPS) is 10.2. The Balaban J connectivity index is 1.74. The van der Waals surface area contributed by atoms with Crippen LogP contribution in [0.5, 0.6) is 5.75 Å². The number of phenols is 1. The molecule has 0 heterocycles. The van der Waals surface area contributed by atoms with Gasteiger partial charge in [-0.05, 0) is 42.3 Å². The molecular formula is C17H15ClFNO4. The van der Waals surface area contributed by atoms with Gasteiger partial charge in [0.05, 0.1) is 0 Å². The number of rotatable bonds is 6. The Morgan fingerprint density at radius 2 is 1.88 bits per heavy atom. The highest BCUT2D eigenvalue weighted by Gasteiger charge is 2.14. The number of nitrogens with one attached hydrogen (secondary N) is 1. The standard InChI is InChI=1S/C17H15ClFNO4/c18-12-3-6-14(15(21)9-12)17(23)24-10-16(22)20-8-7-11-1-4-13(19)5-2-11/h1-6,9,21H,7-8,10H2,(H,20,22). The number of hydrogen-bond donors (Lipinski definition) is 2. The fourth-order valence-corrected chi connectivity index (χ4v) is 2.10. The smallest absolute Gasteiger partial charge is 0.342 e.